The van der Waals surface area contributed by atoms with Crippen LogP contribution in [0.1, 0.15) is 80.9 Å². The Bertz CT molecular complexity index is 2650. The third-order valence-corrected chi connectivity index (χ3v) is 14.0. The Hall–Kier alpha value is -6.04. The van der Waals surface area contributed by atoms with E-state index < -0.39 is 36.1 Å². The molecule has 4 aliphatic heterocycles. The van der Waals surface area contributed by atoms with Crippen LogP contribution in [0.2, 0.25) is 0 Å². The molecule has 4 unspecified atom stereocenters. The molecule has 17 heteroatoms. The molecule has 342 valence electrons. The second-order valence-corrected chi connectivity index (χ2v) is 18.2. The van der Waals surface area contributed by atoms with Crippen LogP contribution in [0.3, 0.4) is 0 Å². The van der Waals surface area contributed by atoms with Crippen LogP contribution in [0, 0.1) is 11.8 Å². The molecule has 65 heavy (non-hydrogen) atoms. The maximum Gasteiger partial charge on any atom is 0.407 e. The van der Waals surface area contributed by atoms with Crippen molar-refractivity contribution < 1.29 is 42.9 Å². The minimum Gasteiger partial charge on any atom is -0.453 e. The number of ether oxygens (including phenoxy) is 5. The van der Waals surface area contributed by atoms with Gasteiger partial charge in [-0.3, -0.25) is 9.59 Å². The fourth-order valence-corrected chi connectivity index (χ4v) is 10.6. The molecule has 0 radical (unpaired) electrons. The number of nitrogens with zero attached hydrogens (tertiary/aromatic N) is 4. The summed E-state index contributed by atoms with van der Waals surface area (Å²) in [5.41, 5.74) is 8.06. The first-order valence-electron chi connectivity index (χ1n) is 22.8. The number of rotatable bonds is 9. The third-order valence-electron chi connectivity index (χ3n) is 14.0. The number of benzene rings is 3. The van der Waals surface area contributed by atoms with Crippen LogP contribution in [0.4, 0.5) is 9.59 Å². The summed E-state index contributed by atoms with van der Waals surface area (Å²) in [6.07, 6.45) is 3.60. The van der Waals surface area contributed by atoms with Gasteiger partial charge >= 0.3 is 12.2 Å². The van der Waals surface area contributed by atoms with Crippen molar-refractivity contribution in [3.63, 3.8) is 0 Å². The summed E-state index contributed by atoms with van der Waals surface area (Å²) in [5.74, 6) is -0.129. The van der Waals surface area contributed by atoms with E-state index in [0.717, 1.165) is 81.4 Å². The summed E-state index contributed by atoms with van der Waals surface area (Å²) in [6, 6.07) is 14.9. The molecule has 1 spiro atoms. The van der Waals surface area contributed by atoms with Crippen molar-refractivity contribution in [2.45, 2.75) is 88.7 Å². The number of nitrogens with one attached hydrogen (secondary N) is 4. The van der Waals surface area contributed by atoms with E-state index in [-0.39, 0.29) is 36.2 Å². The Morgan fingerprint density at radius 3 is 2.31 bits per heavy atom. The quantitative estimate of drug-likeness (QED) is 0.134. The first-order valence-corrected chi connectivity index (χ1v) is 22.8. The molecule has 4 fully saturated rings. The third kappa shape index (κ3) is 7.96. The lowest BCUT2D eigenvalue weighted by Crippen LogP contribution is -2.54. The number of aromatic amines is 2. The topological polar surface area (TPSA) is 202 Å². The summed E-state index contributed by atoms with van der Waals surface area (Å²) >= 11 is 0. The molecule has 5 aliphatic rings. The summed E-state index contributed by atoms with van der Waals surface area (Å²) in [6.45, 7) is 6.54. The Kier molecular flexibility index (Phi) is 11.5. The second-order valence-electron chi connectivity index (χ2n) is 18.2. The number of methoxy groups -OCH3 is 2. The van der Waals surface area contributed by atoms with Gasteiger partial charge < -0.3 is 54.1 Å². The highest BCUT2D eigenvalue weighted by Crippen LogP contribution is 2.45. The lowest BCUT2D eigenvalue weighted by Gasteiger charge is -2.34. The SMILES string of the molecule is COC(=O)NC(C(=O)N1CCCC1c1nc2c(ccc3cc(-c4ccc5c(c4)CCc4[nH]c(C6CC7(CN6C(=O)C(NC(=O)OC)C6CCOCC6)OCCO7)nc4-5)ccc32)[nH]1)C(C)C. The molecule has 2 aromatic heterocycles. The average molecular weight is 889 g/mol. The van der Waals surface area contributed by atoms with Gasteiger partial charge in [-0.15, -0.1) is 0 Å². The zero-order valence-electron chi connectivity index (χ0n) is 37.2. The molecular formula is C48H56N8O9. The van der Waals surface area contributed by atoms with E-state index in [4.69, 9.17) is 33.7 Å². The van der Waals surface area contributed by atoms with Gasteiger partial charge in [-0.25, -0.2) is 19.6 Å². The smallest absolute Gasteiger partial charge is 0.407 e. The maximum absolute atomic E-state index is 14.6. The van der Waals surface area contributed by atoms with Gasteiger partial charge in [0.15, 0.2) is 5.79 Å². The average Bonchev–Trinajstić information content (AvgIpc) is 4.19. The number of hydrogen-bond acceptors (Lipinski definition) is 11. The number of hydrogen-bond donors (Lipinski definition) is 4. The zero-order chi connectivity index (χ0) is 45.0. The Labute approximate surface area is 376 Å². The van der Waals surface area contributed by atoms with E-state index in [2.05, 4.69) is 63.1 Å². The van der Waals surface area contributed by atoms with Crippen molar-refractivity contribution in [1.82, 2.24) is 40.4 Å². The summed E-state index contributed by atoms with van der Waals surface area (Å²) < 4.78 is 27.7. The van der Waals surface area contributed by atoms with E-state index in [1.54, 1.807) is 4.90 Å². The van der Waals surface area contributed by atoms with Crippen molar-refractivity contribution in [3.05, 3.63) is 71.4 Å². The molecule has 0 saturated carbocycles. The molecule has 17 nitrogen and oxygen atoms in total. The maximum atomic E-state index is 14.6. The lowest BCUT2D eigenvalue weighted by molar-refractivity contribution is -0.154. The predicted octanol–water partition coefficient (Wildman–Crippen LogP) is 6.08. The Balaban J connectivity index is 0.903. The first kappa shape index (κ1) is 42.9. The minimum atomic E-state index is -0.947. The predicted molar refractivity (Wildman–Crippen MR) is 238 cm³/mol. The molecule has 10 rings (SSSR count). The monoisotopic (exact) mass is 888 g/mol. The molecule has 5 aromatic rings. The van der Waals surface area contributed by atoms with Gasteiger partial charge in [-0.2, -0.15) is 0 Å². The number of fused-ring (bicyclic) bond motifs is 6. The highest BCUT2D eigenvalue weighted by atomic mass is 16.7. The van der Waals surface area contributed by atoms with Crippen LogP contribution in [-0.4, -0.2) is 125 Å². The van der Waals surface area contributed by atoms with Gasteiger partial charge in [0.05, 0.1) is 62.8 Å². The number of H-pyrrole nitrogens is 2. The largest absolute Gasteiger partial charge is 0.453 e. The molecular weight excluding hydrogens is 833 g/mol. The van der Waals surface area contributed by atoms with E-state index in [0.29, 0.717) is 58.1 Å². The summed E-state index contributed by atoms with van der Waals surface area (Å²) in [5, 5.41) is 7.63. The van der Waals surface area contributed by atoms with Gasteiger partial charge in [0.25, 0.3) is 0 Å². The van der Waals surface area contributed by atoms with Gasteiger partial charge in [-0.1, -0.05) is 50.2 Å². The first-order chi connectivity index (χ1) is 31.5. The number of imidazole rings is 2. The summed E-state index contributed by atoms with van der Waals surface area (Å²) in [7, 11) is 2.60. The molecule has 3 aromatic carbocycles. The van der Waals surface area contributed by atoms with E-state index >= 15 is 0 Å². The molecule has 4 saturated heterocycles. The number of likely N-dealkylation sites (tertiary alicyclic amines) is 2. The van der Waals surface area contributed by atoms with Crippen LogP contribution in [0.15, 0.2) is 48.5 Å². The molecule has 6 heterocycles. The number of alkyl carbamates (subject to hydrolysis) is 2. The number of carbonyl (C=O) groups is 4. The van der Waals surface area contributed by atoms with E-state index in [1.807, 2.05) is 24.8 Å². The summed E-state index contributed by atoms with van der Waals surface area (Å²) in [4.78, 5) is 74.0. The highest BCUT2D eigenvalue weighted by molar-refractivity contribution is 6.05. The highest BCUT2D eigenvalue weighted by Gasteiger charge is 2.53. The number of aromatic nitrogens is 4. The van der Waals surface area contributed by atoms with Crippen molar-refractivity contribution in [3.8, 4) is 22.4 Å². The molecule has 4 N–H and O–H groups in total. The van der Waals surface area contributed by atoms with Crippen molar-refractivity contribution in [2.75, 3.05) is 53.7 Å². The fourth-order valence-electron chi connectivity index (χ4n) is 10.6. The molecule has 4 amide bonds. The standard InChI is InChI=1S/C48H56N8O9/c1-26(2)38(53-46(59)61-3)44(57)55-17-5-6-36(55)42-49-34-13-9-30-22-28(7-11-32(30)40(34)51-42)29-8-12-33-31(23-29)10-14-35-41(33)52-43(50-35)37-24-48(64-20-21-65-48)25-56(37)45(58)39(54-47(60)62-4)27-15-18-63-19-16-27/h7-9,11-13,22-23,26-27,36-39H,5-6,10,14-21,24-25H2,1-4H3,(H,49,51)(H,50,52)(H,53,59)(H,54,60). The Morgan fingerprint density at radius 2 is 1.54 bits per heavy atom. The molecule has 0 bridgehead atoms. The van der Waals surface area contributed by atoms with Gasteiger partial charge in [0.1, 0.15) is 23.7 Å². The Morgan fingerprint density at radius 1 is 0.800 bits per heavy atom. The second kappa shape index (κ2) is 17.4. The van der Waals surface area contributed by atoms with Gasteiger partial charge in [-0.05, 0) is 84.6 Å². The van der Waals surface area contributed by atoms with E-state index in [1.165, 1.54) is 19.8 Å². The van der Waals surface area contributed by atoms with E-state index in [9.17, 15) is 19.2 Å². The van der Waals surface area contributed by atoms with Crippen LogP contribution >= 0.6 is 0 Å². The number of amides is 4. The van der Waals surface area contributed by atoms with Crippen LogP contribution < -0.4 is 10.6 Å². The molecule has 4 atom stereocenters. The minimum absolute atomic E-state index is 0.111. The van der Waals surface area contributed by atoms with Crippen LogP contribution in [0.5, 0.6) is 0 Å². The van der Waals surface area contributed by atoms with Gasteiger partial charge in [0.2, 0.25) is 11.8 Å². The van der Waals surface area contributed by atoms with Gasteiger partial charge in [0, 0.05) is 42.8 Å². The normalized spacial score (nSPS) is 21.4. The van der Waals surface area contributed by atoms with Crippen molar-refractivity contribution in [2.24, 2.45) is 11.8 Å². The fraction of sp³-hybridized carbons (Fsp3) is 0.500. The number of aryl methyl sites for hydroxylation is 2. The van der Waals surface area contributed by atoms with Crippen molar-refractivity contribution >= 4 is 45.8 Å². The van der Waals surface area contributed by atoms with Crippen molar-refractivity contribution in [1.29, 1.82) is 0 Å². The van der Waals surface area contributed by atoms with Crippen LogP contribution in [-0.2, 0) is 46.1 Å². The van der Waals surface area contributed by atoms with Crippen LogP contribution in [0.25, 0.3) is 44.2 Å². The number of carbonyl (C=O) groups excluding carboxylic acids is 4. The lowest BCUT2D eigenvalue weighted by atomic mass is 9.89. The zero-order valence-corrected chi connectivity index (χ0v) is 37.2. The molecule has 1 aliphatic carbocycles.